The monoisotopic (exact) mass is 490 g/mol. The molecule has 4 aromatic carbocycles. The van der Waals surface area contributed by atoms with E-state index in [-0.39, 0.29) is 5.92 Å². The predicted molar refractivity (Wildman–Crippen MR) is 157 cm³/mol. The molecular formula is C35H26N2O. The Morgan fingerprint density at radius 1 is 0.974 bits per heavy atom. The van der Waals surface area contributed by atoms with E-state index in [2.05, 4.69) is 95.6 Å². The number of para-hydroxylation sites is 3. The van der Waals surface area contributed by atoms with Gasteiger partial charge < -0.3 is 14.6 Å². The number of ether oxygens (including phenoxy) is 1. The van der Waals surface area contributed by atoms with Crippen LogP contribution in [0.1, 0.15) is 18.2 Å². The van der Waals surface area contributed by atoms with Gasteiger partial charge >= 0.3 is 0 Å². The summed E-state index contributed by atoms with van der Waals surface area (Å²) in [5.41, 5.74) is 7.86. The average Bonchev–Trinajstić information content (AvgIpc) is 3.35. The van der Waals surface area contributed by atoms with Gasteiger partial charge in [-0.3, -0.25) is 0 Å². The Balaban J connectivity index is 1.30. The Kier molecular flexibility index (Phi) is 5.20. The van der Waals surface area contributed by atoms with Crippen molar-refractivity contribution in [3.8, 4) is 18.1 Å². The lowest BCUT2D eigenvalue weighted by molar-refractivity contribution is 0.436. The summed E-state index contributed by atoms with van der Waals surface area (Å²) in [6, 6.07) is 31.3. The van der Waals surface area contributed by atoms with Crippen molar-refractivity contribution in [2.45, 2.75) is 13.3 Å². The summed E-state index contributed by atoms with van der Waals surface area (Å²) in [5, 5.41) is 3.86. The van der Waals surface area contributed by atoms with Crippen LogP contribution in [0.4, 0.5) is 11.4 Å². The zero-order valence-corrected chi connectivity index (χ0v) is 21.1. The van der Waals surface area contributed by atoms with Crippen LogP contribution in [0, 0.1) is 18.3 Å². The summed E-state index contributed by atoms with van der Waals surface area (Å²) in [4.78, 5) is 5.91. The van der Waals surface area contributed by atoms with Crippen LogP contribution >= 0.6 is 0 Å². The van der Waals surface area contributed by atoms with E-state index in [1.54, 1.807) is 0 Å². The molecule has 38 heavy (non-hydrogen) atoms. The van der Waals surface area contributed by atoms with Crippen LogP contribution in [-0.4, -0.2) is 4.98 Å². The number of hydrogen-bond acceptors (Lipinski definition) is 2. The molecule has 1 aromatic heterocycles. The van der Waals surface area contributed by atoms with E-state index >= 15 is 0 Å². The van der Waals surface area contributed by atoms with Gasteiger partial charge in [-0.1, -0.05) is 78.4 Å². The van der Waals surface area contributed by atoms with Crippen LogP contribution < -0.4 is 9.64 Å². The third kappa shape index (κ3) is 3.54. The normalized spacial score (nSPS) is 16.8. The first-order chi connectivity index (χ1) is 18.7. The third-order valence-corrected chi connectivity index (χ3v) is 7.61. The van der Waals surface area contributed by atoms with Crippen molar-refractivity contribution in [2.75, 3.05) is 4.90 Å². The fourth-order valence-electron chi connectivity index (χ4n) is 5.74. The second-order valence-corrected chi connectivity index (χ2v) is 9.88. The molecule has 1 N–H and O–H groups in total. The van der Waals surface area contributed by atoms with E-state index in [9.17, 15) is 0 Å². The van der Waals surface area contributed by atoms with Crippen LogP contribution in [0.5, 0.6) is 5.75 Å². The molecule has 0 fully saturated rings. The molecule has 0 saturated carbocycles. The lowest BCUT2D eigenvalue weighted by Gasteiger charge is -2.33. The van der Waals surface area contributed by atoms with Crippen molar-refractivity contribution in [2.24, 2.45) is 5.92 Å². The summed E-state index contributed by atoms with van der Waals surface area (Å²) < 4.78 is 6.20. The molecule has 1 aliphatic heterocycles. The van der Waals surface area contributed by atoms with E-state index in [4.69, 9.17) is 11.2 Å². The lowest BCUT2D eigenvalue weighted by atomic mass is 9.87. The Bertz CT molecular complexity index is 1850. The molecule has 0 amide bonds. The Hall–Kier alpha value is -4.94. The second kappa shape index (κ2) is 8.87. The van der Waals surface area contributed by atoms with E-state index in [0.717, 1.165) is 29.2 Å². The smallest absolute Gasteiger partial charge is 0.201 e. The maximum atomic E-state index is 6.20. The third-order valence-electron chi connectivity index (χ3n) is 7.61. The highest BCUT2D eigenvalue weighted by molar-refractivity contribution is 6.11. The van der Waals surface area contributed by atoms with Crippen molar-refractivity contribution in [3.63, 3.8) is 0 Å². The number of anilines is 2. The minimum Gasteiger partial charge on any atom is -0.444 e. The molecule has 5 aromatic rings. The van der Waals surface area contributed by atoms with E-state index < -0.39 is 0 Å². The Morgan fingerprint density at radius 3 is 2.63 bits per heavy atom. The molecule has 2 aliphatic rings. The molecular weight excluding hydrogens is 464 g/mol. The van der Waals surface area contributed by atoms with Gasteiger partial charge in [0.2, 0.25) is 5.76 Å². The van der Waals surface area contributed by atoms with Crippen LogP contribution in [0.15, 0.2) is 120 Å². The van der Waals surface area contributed by atoms with Gasteiger partial charge in [-0.25, -0.2) is 0 Å². The van der Waals surface area contributed by atoms with Crippen molar-refractivity contribution in [1.29, 1.82) is 0 Å². The number of rotatable bonds is 3. The Morgan fingerprint density at radius 2 is 1.76 bits per heavy atom. The van der Waals surface area contributed by atoms with Gasteiger partial charge in [0, 0.05) is 33.8 Å². The SMILES string of the molecule is C#CC1=C(/C=C(\C)C2C=Cc3c([nH]c4ccc5ccccc5c34)C2)N(c2ccccc2)c2ccccc2O1. The quantitative estimate of drug-likeness (QED) is 0.257. The lowest BCUT2D eigenvalue weighted by Crippen LogP contribution is -2.24. The highest BCUT2D eigenvalue weighted by Gasteiger charge is 2.28. The average molecular weight is 491 g/mol. The fourth-order valence-corrected chi connectivity index (χ4v) is 5.74. The first-order valence-corrected chi connectivity index (χ1v) is 12.9. The number of aromatic amines is 1. The number of fused-ring (bicyclic) bond motifs is 6. The zero-order chi connectivity index (χ0) is 25.6. The molecule has 7 rings (SSSR count). The maximum absolute atomic E-state index is 6.20. The van der Waals surface area contributed by atoms with Gasteiger partial charge in [-0.05, 0) is 66.4 Å². The van der Waals surface area contributed by atoms with Crippen LogP contribution in [0.25, 0.3) is 27.8 Å². The minimum atomic E-state index is 0.239. The summed E-state index contributed by atoms with van der Waals surface area (Å²) in [7, 11) is 0. The molecule has 1 unspecified atom stereocenters. The molecule has 1 atom stereocenters. The summed E-state index contributed by atoms with van der Waals surface area (Å²) >= 11 is 0. The summed E-state index contributed by atoms with van der Waals surface area (Å²) in [6.07, 6.45) is 13.7. The van der Waals surface area contributed by atoms with Crippen LogP contribution in [0.2, 0.25) is 0 Å². The number of benzene rings is 4. The number of nitrogens with one attached hydrogen (secondary N) is 1. The standard InChI is InChI=1S/C35H26N2O/c1-3-33-32(37(26-12-5-4-6-13-26)31-15-9-10-16-34(31)38-33)21-23(2)25-17-19-28-30(22-25)36-29-20-18-24-11-7-8-14-27(24)35(28)29/h1,4-21,25,36H,22H2,2H3/b23-21+. The van der Waals surface area contributed by atoms with Gasteiger partial charge in [0.05, 0.1) is 11.4 Å². The number of terminal acetylenes is 1. The predicted octanol–water partition coefficient (Wildman–Crippen LogP) is 8.53. The highest BCUT2D eigenvalue weighted by Crippen LogP contribution is 2.43. The van der Waals surface area contributed by atoms with Gasteiger partial charge in [-0.15, -0.1) is 6.42 Å². The minimum absolute atomic E-state index is 0.239. The molecule has 182 valence electrons. The Labute approximate surface area is 222 Å². The summed E-state index contributed by atoms with van der Waals surface area (Å²) in [5.74, 6) is 4.31. The first-order valence-electron chi connectivity index (χ1n) is 12.9. The largest absolute Gasteiger partial charge is 0.444 e. The van der Waals surface area contributed by atoms with Gasteiger partial charge in [0.1, 0.15) is 0 Å². The fraction of sp³-hybridized carbons (Fsp3) is 0.0857. The number of hydrogen-bond donors (Lipinski definition) is 1. The molecule has 3 heteroatoms. The van der Waals surface area contributed by atoms with Crippen molar-refractivity contribution < 1.29 is 4.74 Å². The van der Waals surface area contributed by atoms with Crippen molar-refractivity contribution >= 4 is 39.1 Å². The first kappa shape index (κ1) is 22.3. The highest BCUT2D eigenvalue weighted by atomic mass is 16.5. The van der Waals surface area contributed by atoms with Crippen molar-refractivity contribution in [1.82, 2.24) is 4.98 Å². The van der Waals surface area contributed by atoms with E-state index in [0.29, 0.717) is 5.76 Å². The summed E-state index contributed by atoms with van der Waals surface area (Å²) in [6.45, 7) is 2.18. The molecule has 0 bridgehead atoms. The van der Waals surface area contributed by atoms with Gasteiger partial charge in [-0.2, -0.15) is 0 Å². The number of nitrogens with zero attached hydrogens (tertiary/aromatic N) is 1. The second-order valence-electron chi connectivity index (χ2n) is 9.88. The van der Waals surface area contributed by atoms with Crippen LogP contribution in [0.3, 0.4) is 0 Å². The molecule has 0 radical (unpaired) electrons. The van der Waals surface area contributed by atoms with Crippen LogP contribution in [-0.2, 0) is 6.42 Å². The van der Waals surface area contributed by atoms with Crippen molar-refractivity contribution in [3.05, 3.63) is 131 Å². The molecule has 0 spiro atoms. The van der Waals surface area contributed by atoms with E-state index in [1.807, 2.05) is 36.4 Å². The van der Waals surface area contributed by atoms with E-state index in [1.165, 1.54) is 38.5 Å². The van der Waals surface area contributed by atoms with Gasteiger partial charge in [0.25, 0.3) is 0 Å². The molecule has 2 heterocycles. The number of aromatic nitrogens is 1. The number of allylic oxidation sites excluding steroid dienone is 4. The maximum Gasteiger partial charge on any atom is 0.201 e. The topological polar surface area (TPSA) is 28.3 Å². The molecule has 0 saturated heterocycles. The number of H-pyrrole nitrogens is 1. The zero-order valence-electron chi connectivity index (χ0n) is 21.1. The molecule has 1 aliphatic carbocycles. The van der Waals surface area contributed by atoms with Gasteiger partial charge in [0.15, 0.2) is 5.75 Å². The molecule has 3 nitrogen and oxygen atoms in total.